The van der Waals surface area contributed by atoms with Gasteiger partial charge < -0.3 is 0 Å². The summed E-state index contributed by atoms with van der Waals surface area (Å²) in [6.07, 6.45) is 0. The van der Waals surface area contributed by atoms with Crippen molar-refractivity contribution in [3.05, 3.63) is 120 Å². The van der Waals surface area contributed by atoms with E-state index in [-0.39, 0.29) is 11.6 Å². The summed E-state index contributed by atoms with van der Waals surface area (Å²) in [5, 5.41) is 0. The van der Waals surface area contributed by atoms with E-state index in [1.807, 2.05) is 84.9 Å². The Balaban J connectivity index is 1.45. The van der Waals surface area contributed by atoms with Crippen molar-refractivity contribution < 1.29 is 9.59 Å². The van der Waals surface area contributed by atoms with Crippen LogP contribution >= 0.6 is 0 Å². The fourth-order valence-corrected chi connectivity index (χ4v) is 3.15. The van der Waals surface area contributed by atoms with Crippen LogP contribution in [0.5, 0.6) is 0 Å². The van der Waals surface area contributed by atoms with Gasteiger partial charge in [-0.1, -0.05) is 84.9 Å². The number of carbonyl (C=O) groups excluding carboxylic acids is 2. The predicted octanol–water partition coefficient (Wildman–Crippen LogP) is 6.09. The first-order chi connectivity index (χ1) is 14.7. The van der Waals surface area contributed by atoms with Crippen LogP contribution in [0.15, 0.2) is 109 Å². The molecular weight excluding hydrogens is 368 g/mol. The first-order valence-corrected chi connectivity index (χ1v) is 9.62. The summed E-state index contributed by atoms with van der Waals surface area (Å²) in [5.74, 6) is 4.19. The molecule has 4 aromatic rings. The van der Waals surface area contributed by atoms with Crippen LogP contribution in [-0.2, 0) is 0 Å². The number of rotatable bonds is 4. The maximum atomic E-state index is 12.3. The van der Waals surface area contributed by atoms with Crippen LogP contribution < -0.4 is 0 Å². The van der Waals surface area contributed by atoms with Gasteiger partial charge in [-0.25, -0.2) is 0 Å². The fraction of sp³-hybridized carbons (Fsp3) is 0. The van der Waals surface area contributed by atoms with Gasteiger partial charge in [0, 0.05) is 11.1 Å². The standard InChI is InChI=1S/C28H18O2/c29-27(25-15-11-23(12-16-25)21-7-3-1-4-8-21)19-20-28(30)26-17-13-24(14-18-26)22-9-5-2-6-10-22/h1-18H. The smallest absolute Gasteiger partial charge is 0.236 e. The van der Waals surface area contributed by atoms with Gasteiger partial charge in [0.2, 0.25) is 11.6 Å². The molecule has 0 aliphatic carbocycles. The van der Waals surface area contributed by atoms with Crippen LogP contribution in [0.25, 0.3) is 22.3 Å². The zero-order chi connectivity index (χ0) is 20.8. The van der Waals surface area contributed by atoms with Crippen LogP contribution in [0.1, 0.15) is 20.7 Å². The lowest BCUT2D eigenvalue weighted by Gasteiger charge is -2.02. The molecule has 0 aliphatic heterocycles. The summed E-state index contributed by atoms with van der Waals surface area (Å²) < 4.78 is 0. The molecule has 0 atom stereocenters. The van der Waals surface area contributed by atoms with Crippen molar-refractivity contribution in [2.75, 3.05) is 0 Å². The molecule has 0 radical (unpaired) electrons. The second-order valence-corrected chi connectivity index (χ2v) is 6.79. The number of carbonyl (C=O) groups is 2. The lowest BCUT2D eigenvalue weighted by Crippen LogP contribution is -1.99. The number of ketones is 2. The van der Waals surface area contributed by atoms with Gasteiger partial charge >= 0.3 is 0 Å². The van der Waals surface area contributed by atoms with E-state index in [4.69, 9.17) is 0 Å². The highest BCUT2D eigenvalue weighted by atomic mass is 16.1. The zero-order valence-corrected chi connectivity index (χ0v) is 16.2. The normalized spacial score (nSPS) is 10.0. The molecule has 30 heavy (non-hydrogen) atoms. The number of hydrogen-bond donors (Lipinski definition) is 0. The minimum atomic E-state index is -0.371. The summed E-state index contributed by atoms with van der Waals surface area (Å²) in [5.41, 5.74) is 5.14. The molecule has 0 heterocycles. The van der Waals surface area contributed by atoms with Crippen molar-refractivity contribution in [1.82, 2.24) is 0 Å². The van der Waals surface area contributed by atoms with Gasteiger partial charge in [0.1, 0.15) is 0 Å². The lowest BCUT2D eigenvalue weighted by atomic mass is 10.0. The maximum absolute atomic E-state index is 12.3. The minimum Gasteiger partial charge on any atom is -0.279 e. The van der Waals surface area contributed by atoms with Crippen LogP contribution in [0.2, 0.25) is 0 Å². The molecule has 2 nitrogen and oxygen atoms in total. The van der Waals surface area contributed by atoms with E-state index in [9.17, 15) is 9.59 Å². The SMILES string of the molecule is O=C(C#CC(=O)c1ccc(-c2ccccc2)cc1)c1ccc(-c2ccccc2)cc1. The fourth-order valence-electron chi connectivity index (χ4n) is 3.15. The minimum absolute atomic E-state index is 0.371. The highest BCUT2D eigenvalue weighted by Gasteiger charge is 2.06. The molecule has 0 amide bonds. The molecule has 0 saturated carbocycles. The van der Waals surface area contributed by atoms with E-state index in [1.165, 1.54) is 0 Å². The predicted molar refractivity (Wildman–Crippen MR) is 120 cm³/mol. The average molecular weight is 386 g/mol. The largest absolute Gasteiger partial charge is 0.279 e. The molecular formula is C28H18O2. The summed E-state index contributed by atoms with van der Waals surface area (Å²) in [6.45, 7) is 0. The summed E-state index contributed by atoms with van der Waals surface area (Å²) in [7, 11) is 0. The highest BCUT2D eigenvalue weighted by molar-refractivity contribution is 6.16. The van der Waals surface area contributed by atoms with Gasteiger partial charge in [-0.3, -0.25) is 9.59 Å². The Hall–Kier alpha value is -4.22. The quantitative estimate of drug-likeness (QED) is 0.242. The Labute approximate surface area is 175 Å². The molecule has 0 saturated heterocycles. The molecule has 0 aromatic heterocycles. The molecule has 0 fully saturated rings. The van der Waals surface area contributed by atoms with Crippen molar-refractivity contribution >= 4 is 11.6 Å². The highest BCUT2D eigenvalue weighted by Crippen LogP contribution is 2.20. The van der Waals surface area contributed by atoms with Crippen LogP contribution in [0, 0.1) is 11.8 Å². The molecule has 0 unspecified atom stereocenters. The number of hydrogen-bond acceptors (Lipinski definition) is 2. The van der Waals surface area contributed by atoms with Crippen molar-refractivity contribution in [2.24, 2.45) is 0 Å². The van der Waals surface area contributed by atoms with Crippen LogP contribution in [0.4, 0.5) is 0 Å². The average Bonchev–Trinajstić information content (AvgIpc) is 2.83. The van der Waals surface area contributed by atoms with E-state index in [1.54, 1.807) is 24.3 Å². The van der Waals surface area contributed by atoms with Crippen LogP contribution in [0.3, 0.4) is 0 Å². The topological polar surface area (TPSA) is 34.1 Å². The van der Waals surface area contributed by atoms with Gasteiger partial charge in [0.25, 0.3) is 0 Å². The Morgan fingerprint density at radius 2 is 0.700 bits per heavy atom. The van der Waals surface area contributed by atoms with E-state index >= 15 is 0 Å². The van der Waals surface area contributed by atoms with Crippen molar-refractivity contribution in [3.8, 4) is 34.1 Å². The second-order valence-electron chi connectivity index (χ2n) is 6.79. The maximum Gasteiger partial charge on any atom is 0.236 e. The molecule has 0 bridgehead atoms. The monoisotopic (exact) mass is 386 g/mol. The summed E-state index contributed by atoms with van der Waals surface area (Å²) in [6, 6.07) is 34.3. The number of Topliss-reactive ketones (excluding diaryl/α,β-unsaturated/α-hetero) is 2. The molecule has 2 heteroatoms. The third-order valence-corrected chi connectivity index (χ3v) is 4.80. The van der Waals surface area contributed by atoms with E-state index in [0.29, 0.717) is 11.1 Å². The van der Waals surface area contributed by atoms with Gasteiger partial charge in [-0.2, -0.15) is 0 Å². The Morgan fingerprint density at radius 3 is 1.03 bits per heavy atom. The Kier molecular flexibility index (Phi) is 5.64. The first kappa shape index (κ1) is 19.1. The van der Waals surface area contributed by atoms with Gasteiger partial charge in [0.05, 0.1) is 0 Å². The zero-order valence-electron chi connectivity index (χ0n) is 16.2. The van der Waals surface area contributed by atoms with Gasteiger partial charge in [-0.15, -0.1) is 0 Å². The molecule has 4 rings (SSSR count). The van der Waals surface area contributed by atoms with E-state index in [2.05, 4.69) is 11.8 Å². The molecule has 4 aromatic carbocycles. The first-order valence-electron chi connectivity index (χ1n) is 9.62. The molecule has 0 spiro atoms. The van der Waals surface area contributed by atoms with Crippen molar-refractivity contribution in [1.29, 1.82) is 0 Å². The number of benzene rings is 4. The Morgan fingerprint density at radius 1 is 0.400 bits per heavy atom. The van der Waals surface area contributed by atoms with E-state index in [0.717, 1.165) is 22.3 Å². The van der Waals surface area contributed by atoms with Crippen LogP contribution in [-0.4, -0.2) is 11.6 Å². The van der Waals surface area contributed by atoms with Gasteiger partial charge in [-0.05, 0) is 58.4 Å². The van der Waals surface area contributed by atoms with Crippen molar-refractivity contribution in [2.45, 2.75) is 0 Å². The third-order valence-electron chi connectivity index (χ3n) is 4.80. The van der Waals surface area contributed by atoms with Gasteiger partial charge in [0.15, 0.2) is 0 Å². The second kappa shape index (κ2) is 8.86. The summed E-state index contributed by atoms with van der Waals surface area (Å²) >= 11 is 0. The van der Waals surface area contributed by atoms with E-state index < -0.39 is 0 Å². The third kappa shape index (κ3) is 4.43. The Bertz CT molecular complexity index is 1130. The molecule has 0 N–H and O–H groups in total. The van der Waals surface area contributed by atoms with Crippen molar-refractivity contribution in [3.63, 3.8) is 0 Å². The summed E-state index contributed by atoms with van der Waals surface area (Å²) in [4.78, 5) is 24.7. The molecule has 0 aliphatic rings. The molecule has 142 valence electrons. The lowest BCUT2D eigenvalue weighted by molar-refractivity contribution is 0.103.